The molecule has 0 saturated heterocycles. The monoisotopic (exact) mass is 348 g/mol. The van der Waals surface area contributed by atoms with Crippen LogP contribution in [0.5, 0.6) is 17.2 Å². The van der Waals surface area contributed by atoms with Gasteiger partial charge in [-0.05, 0) is 12.1 Å². The third-order valence-electron chi connectivity index (χ3n) is 3.39. The standard InChI is InChI=1S/C16H20N4O5/c1-22-12-9(8-11(17)13(23-2)14(12)24-3)7-10-5-6-18-15(19-10)20-16(21)25-4/h5-6,8H,7,17H2,1-4H3,(H,18,19,20,21). The topological polar surface area (TPSA) is 118 Å². The summed E-state index contributed by atoms with van der Waals surface area (Å²) in [6, 6.07) is 3.45. The van der Waals surface area contributed by atoms with Crippen LogP contribution in [0.3, 0.4) is 0 Å². The number of hydrogen-bond acceptors (Lipinski definition) is 8. The molecular weight excluding hydrogens is 328 g/mol. The number of nitrogen functional groups attached to an aromatic ring is 1. The van der Waals surface area contributed by atoms with Crippen LogP contribution in [-0.2, 0) is 11.2 Å². The van der Waals surface area contributed by atoms with Gasteiger partial charge in [0.25, 0.3) is 0 Å². The first-order chi connectivity index (χ1) is 12.0. The van der Waals surface area contributed by atoms with Crippen LogP contribution in [0.25, 0.3) is 0 Å². The van der Waals surface area contributed by atoms with Crippen molar-refractivity contribution in [3.05, 3.63) is 29.6 Å². The lowest BCUT2D eigenvalue weighted by molar-refractivity contribution is 0.186. The molecule has 1 heterocycles. The minimum Gasteiger partial charge on any atom is -0.492 e. The van der Waals surface area contributed by atoms with Gasteiger partial charge in [0.05, 0.1) is 39.8 Å². The van der Waals surface area contributed by atoms with E-state index in [-0.39, 0.29) is 5.95 Å². The van der Waals surface area contributed by atoms with Crippen molar-refractivity contribution in [3.63, 3.8) is 0 Å². The second-order valence-electron chi connectivity index (χ2n) is 4.89. The fourth-order valence-electron chi connectivity index (χ4n) is 2.34. The number of benzene rings is 1. The van der Waals surface area contributed by atoms with Crippen molar-refractivity contribution in [2.24, 2.45) is 0 Å². The molecule has 1 amide bonds. The van der Waals surface area contributed by atoms with E-state index in [2.05, 4.69) is 20.0 Å². The Morgan fingerprint density at radius 1 is 1.12 bits per heavy atom. The Kier molecular flexibility index (Phi) is 5.83. The van der Waals surface area contributed by atoms with E-state index in [1.807, 2.05) is 0 Å². The predicted octanol–water partition coefficient (Wildman–Crippen LogP) is 1.85. The highest BCUT2D eigenvalue weighted by molar-refractivity contribution is 5.82. The van der Waals surface area contributed by atoms with Gasteiger partial charge in [-0.15, -0.1) is 0 Å². The lowest BCUT2D eigenvalue weighted by Crippen LogP contribution is -2.14. The number of aromatic nitrogens is 2. The molecule has 0 aliphatic rings. The van der Waals surface area contributed by atoms with E-state index in [1.165, 1.54) is 34.6 Å². The fourth-order valence-corrected chi connectivity index (χ4v) is 2.34. The molecule has 2 aromatic rings. The SMILES string of the molecule is COC(=O)Nc1nccc(Cc2cc(N)c(OC)c(OC)c2OC)n1. The molecule has 0 aliphatic heterocycles. The lowest BCUT2D eigenvalue weighted by atomic mass is 10.1. The van der Waals surface area contributed by atoms with Crippen LogP contribution in [-0.4, -0.2) is 44.5 Å². The highest BCUT2D eigenvalue weighted by Crippen LogP contribution is 2.44. The average molecular weight is 348 g/mol. The maximum absolute atomic E-state index is 11.3. The van der Waals surface area contributed by atoms with Crippen molar-refractivity contribution in [3.8, 4) is 17.2 Å². The quantitative estimate of drug-likeness (QED) is 0.760. The van der Waals surface area contributed by atoms with E-state index in [4.69, 9.17) is 19.9 Å². The second kappa shape index (κ2) is 8.04. The molecule has 0 aliphatic carbocycles. The third-order valence-corrected chi connectivity index (χ3v) is 3.39. The van der Waals surface area contributed by atoms with Crippen molar-refractivity contribution in [1.82, 2.24) is 9.97 Å². The summed E-state index contributed by atoms with van der Waals surface area (Å²) in [6.45, 7) is 0. The molecule has 3 N–H and O–H groups in total. The van der Waals surface area contributed by atoms with Gasteiger partial charge in [-0.3, -0.25) is 5.32 Å². The number of ether oxygens (including phenoxy) is 4. The van der Waals surface area contributed by atoms with Crippen molar-refractivity contribution >= 4 is 17.7 Å². The Balaban J connectivity index is 2.38. The number of methoxy groups -OCH3 is 4. The van der Waals surface area contributed by atoms with E-state index in [0.717, 1.165) is 5.56 Å². The number of nitrogens with one attached hydrogen (secondary N) is 1. The van der Waals surface area contributed by atoms with Gasteiger partial charge in [-0.2, -0.15) is 0 Å². The van der Waals surface area contributed by atoms with Crippen LogP contribution in [0.2, 0.25) is 0 Å². The van der Waals surface area contributed by atoms with E-state index in [1.54, 1.807) is 12.1 Å². The molecule has 25 heavy (non-hydrogen) atoms. The molecule has 9 heteroatoms. The van der Waals surface area contributed by atoms with Crippen LogP contribution in [0.15, 0.2) is 18.3 Å². The number of carbonyl (C=O) groups is 1. The molecular formula is C16H20N4O5. The normalized spacial score (nSPS) is 10.1. The molecule has 1 aromatic heterocycles. The number of anilines is 2. The van der Waals surface area contributed by atoms with Crippen LogP contribution in [0.4, 0.5) is 16.4 Å². The number of hydrogen-bond donors (Lipinski definition) is 2. The molecule has 9 nitrogen and oxygen atoms in total. The van der Waals surface area contributed by atoms with Crippen LogP contribution >= 0.6 is 0 Å². The molecule has 0 spiro atoms. The Labute approximate surface area is 145 Å². The molecule has 2 rings (SSSR count). The first-order valence-electron chi connectivity index (χ1n) is 7.28. The molecule has 134 valence electrons. The highest BCUT2D eigenvalue weighted by atomic mass is 16.5. The molecule has 0 atom stereocenters. The van der Waals surface area contributed by atoms with E-state index >= 15 is 0 Å². The van der Waals surface area contributed by atoms with Gasteiger partial charge in [0.1, 0.15) is 0 Å². The first-order valence-corrected chi connectivity index (χ1v) is 7.28. The summed E-state index contributed by atoms with van der Waals surface area (Å²) in [6.07, 6.45) is 1.26. The van der Waals surface area contributed by atoms with Crippen molar-refractivity contribution in [1.29, 1.82) is 0 Å². The van der Waals surface area contributed by atoms with Crippen LogP contribution in [0, 0.1) is 0 Å². The lowest BCUT2D eigenvalue weighted by Gasteiger charge is -2.17. The van der Waals surface area contributed by atoms with E-state index < -0.39 is 6.09 Å². The van der Waals surface area contributed by atoms with Crippen LogP contribution < -0.4 is 25.3 Å². The number of rotatable bonds is 6. The minimum atomic E-state index is -0.648. The van der Waals surface area contributed by atoms with Gasteiger partial charge in [-0.25, -0.2) is 14.8 Å². The zero-order valence-electron chi connectivity index (χ0n) is 14.5. The van der Waals surface area contributed by atoms with E-state index in [9.17, 15) is 4.79 Å². The maximum Gasteiger partial charge on any atom is 0.413 e. The number of carbonyl (C=O) groups excluding carboxylic acids is 1. The summed E-state index contributed by atoms with van der Waals surface area (Å²) in [7, 11) is 5.80. The summed E-state index contributed by atoms with van der Waals surface area (Å²) < 4.78 is 20.6. The Bertz CT molecular complexity index is 766. The van der Waals surface area contributed by atoms with Gasteiger partial charge < -0.3 is 24.7 Å². The fraction of sp³-hybridized carbons (Fsp3) is 0.312. The van der Waals surface area contributed by atoms with Crippen molar-refractivity contribution in [2.75, 3.05) is 39.5 Å². The minimum absolute atomic E-state index is 0.136. The van der Waals surface area contributed by atoms with Gasteiger partial charge in [0, 0.05) is 18.2 Å². The third kappa shape index (κ3) is 4.00. The molecule has 0 unspecified atom stereocenters. The first kappa shape index (κ1) is 18.1. The summed E-state index contributed by atoms with van der Waals surface area (Å²) in [5.74, 6) is 1.44. The summed E-state index contributed by atoms with van der Waals surface area (Å²) in [5.41, 5.74) is 7.84. The number of nitrogens with zero attached hydrogens (tertiary/aromatic N) is 2. The smallest absolute Gasteiger partial charge is 0.413 e. The van der Waals surface area contributed by atoms with Gasteiger partial charge >= 0.3 is 6.09 Å². The second-order valence-corrected chi connectivity index (χ2v) is 4.89. The Hall–Kier alpha value is -3.23. The molecule has 0 bridgehead atoms. The summed E-state index contributed by atoms with van der Waals surface area (Å²) >= 11 is 0. The molecule has 0 radical (unpaired) electrons. The van der Waals surface area contributed by atoms with E-state index in [0.29, 0.717) is 35.1 Å². The maximum atomic E-state index is 11.3. The predicted molar refractivity (Wildman–Crippen MR) is 91.4 cm³/mol. The Morgan fingerprint density at radius 2 is 1.80 bits per heavy atom. The average Bonchev–Trinajstić information content (AvgIpc) is 2.61. The van der Waals surface area contributed by atoms with Gasteiger partial charge in [0.15, 0.2) is 11.5 Å². The Morgan fingerprint density at radius 3 is 2.40 bits per heavy atom. The summed E-state index contributed by atoms with van der Waals surface area (Å²) in [4.78, 5) is 19.5. The molecule has 0 saturated carbocycles. The number of nitrogens with two attached hydrogens (primary N) is 1. The summed E-state index contributed by atoms with van der Waals surface area (Å²) in [5, 5.41) is 2.41. The zero-order valence-corrected chi connectivity index (χ0v) is 14.5. The van der Waals surface area contributed by atoms with Gasteiger partial charge in [0.2, 0.25) is 11.7 Å². The van der Waals surface area contributed by atoms with Crippen molar-refractivity contribution in [2.45, 2.75) is 6.42 Å². The zero-order chi connectivity index (χ0) is 18.4. The molecule has 1 aromatic carbocycles. The number of amides is 1. The highest BCUT2D eigenvalue weighted by Gasteiger charge is 2.20. The van der Waals surface area contributed by atoms with Crippen LogP contribution in [0.1, 0.15) is 11.3 Å². The molecule has 0 fully saturated rings. The van der Waals surface area contributed by atoms with Gasteiger partial charge in [-0.1, -0.05) is 0 Å². The largest absolute Gasteiger partial charge is 0.492 e. The van der Waals surface area contributed by atoms with Crippen molar-refractivity contribution < 1.29 is 23.7 Å².